The minimum Gasteiger partial charge on any atom is -0.495 e. The predicted octanol–water partition coefficient (Wildman–Crippen LogP) is 4.74. The molecular weight excluding hydrogens is 290 g/mol. The van der Waals surface area contributed by atoms with Crippen molar-refractivity contribution in [1.29, 1.82) is 0 Å². The lowest BCUT2D eigenvalue weighted by molar-refractivity contribution is -0.384. The number of rotatable bonds is 4. The molecule has 0 atom stereocenters. The summed E-state index contributed by atoms with van der Waals surface area (Å²) in [5.74, 6) is 0.562. The maximum atomic E-state index is 11.1. The van der Waals surface area contributed by atoms with Gasteiger partial charge in [-0.05, 0) is 22.8 Å². The molecule has 0 amide bonds. The van der Waals surface area contributed by atoms with Gasteiger partial charge in [-0.3, -0.25) is 10.1 Å². The van der Waals surface area contributed by atoms with E-state index >= 15 is 0 Å². The minimum atomic E-state index is -0.398. The first-order chi connectivity index (χ1) is 11.2. The van der Waals surface area contributed by atoms with Gasteiger partial charge in [0.25, 0.3) is 5.69 Å². The van der Waals surface area contributed by atoms with Crippen LogP contribution in [-0.2, 0) is 0 Å². The molecule has 0 fully saturated rings. The van der Waals surface area contributed by atoms with Crippen molar-refractivity contribution in [3.8, 4) is 28.0 Å². The third kappa shape index (κ3) is 2.92. The zero-order chi connectivity index (χ0) is 16.2. The Kier molecular flexibility index (Phi) is 4.06. The summed E-state index contributed by atoms with van der Waals surface area (Å²) in [6.45, 7) is 0. The molecule has 1 radical (unpaired) electrons. The van der Waals surface area contributed by atoms with Crippen molar-refractivity contribution >= 4 is 5.69 Å². The molecule has 4 nitrogen and oxygen atoms in total. The Bertz CT molecular complexity index is 844. The molecule has 0 aromatic heterocycles. The highest BCUT2D eigenvalue weighted by molar-refractivity contribution is 5.88. The quantitative estimate of drug-likeness (QED) is 0.517. The first-order valence-corrected chi connectivity index (χ1v) is 7.09. The summed E-state index contributed by atoms with van der Waals surface area (Å²) in [5.41, 5.74) is 3.53. The van der Waals surface area contributed by atoms with Gasteiger partial charge < -0.3 is 4.74 Å². The number of hydrogen-bond acceptors (Lipinski definition) is 3. The van der Waals surface area contributed by atoms with Gasteiger partial charge in [-0.15, -0.1) is 0 Å². The van der Waals surface area contributed by atoms with Crippen molar-refractivity contribution in [3.05, 3.63) is 82.9 Å². The van der Waals surface area contributed by atoms with E-state index in [0.29, 0.717) is 5.75 Å². The van der Waals surface area contributed by atoms with Crippen LogP contribution in [0.15, 0.2) is 66.7 Å². The van der Waals surface area contributed by atoms with Crippen LogP contribution < -0.4 is 4.74 Å². The molecule has 0 spiro atoms. The fourth-order valence-electron chi connectivity index (χ4n) is 2.56. The van der Waals surface area contributed by atoms with Gasteiger partial charge in [0.1, 0.15) is 5.75 Å². The van der Waals surface area contributed by atoms with Crippen LogP contribution in [0.1, 0.15) is 0 Å². The third-order valence-electron chi connectivity index (χ3n) is 3.60. The van der Waals surface area contributed by atoms with Gasteiger partial charge in [0, 0.05) is 23.8 Å². The first kappa shape index (κ1) is 14.8. The van der Waals surface area contributed by atoms with Gasteiger partial charge in [-0.2, -0.15) is 0 Å². The van der Waals surface area contributed by atoms with Crippen molar-refractivity contribution < 1.29 is 9.66 Å². The summed E-state index contributed by atoms with van der Waals surface area (Å²) in [4.78, 5) is 10.7. The van der Waals surface area contributed by atoms with E-state index < -0.39 is 4.92 Å². The van der Waals surface area contributed by atoms with E-state index in [2.05, 4.69) is 6.07 Å². The van der Waals surface area contributed by atoms with Crippen LogP contribution >= 0.6 is 0 Å². The zero-order valence-corrected chi connectivity index (χ0v) is 12.5. The van der Waals surface area contributed by atoms with Crippen LogP contribution in [0.25, 0.3) is 22.3 Å². The molecule has 23 heavy (non-hydrogen) atoms. The highest BCUT2D eigenvalue weighted by atomic mass is 16.6. The Morgan fingerprint density at radius 2 is 1.74 bits per heavy atom. The van der Waals surface area contributed by atoms with Crippen LogP contribution in [0.4, 0.5) is 5.69 Å². The van der Waals surface area contributed by atoms with E-state index in [9.17, 15) is 10.1 Å². The maximum Gasteiger partial charge on any atom is 0.270 e. The van der Waals surface area contributed by atoms with Crippen LogP contribution in [0.5, 0.6) is 5.75 Å². The maximum absolute atomic E-state index is 11.1. The molecule has 0 bridgehead atoms. The van der Waals surface area contributed by atoms with E-state index in [0.717, 1.165) is 22.3 Å². The average molecular weight is 304 g/mol. The Balaban J connectivity index is 2.25. The predicted molar refractivity (Wildman–Crippen MR) is 89.4 cm³/mol. The molecule has 0 saturated carbocycles. The molecule has 0 aliphatic carbocycles. The molecule has 3 rings (SSSR count). The van der Waals surface area contributed by atoms with Crippen molar-refractivity contribution in [2.24, 2.45) is 0 Å². The van der Waals surface area contributed by atoms with Crippen LogP contribution in [0.2, 0.25) is 0 Å². The van der Waals surface area contributed by atoms with Gasteiger partial charge in [0.05, 0.1) is 12.0 Å². The fraction of sp³-hybridized carbons (Fsp3) is 0.0526. The standard InChI is InChI=1S/C19H14NO3/c1-23-18-12-6-11-17(14-7-3-2-4-8-14)19(18)15-9-5-10-16(13-15)20(21)22/h2-11,13H,1H3. The number of nitro groups is 1. The molecular formula is C19H14NO3. The van der Waals surface area contributed by atoms with E-state index in [1.54, 1.807) is 25.3 Å². The lowest BCUT2D eigenvalue weighted by Crippen LogP contribution is -1.93. The highest BCUT2D eigenvalue weighted by Crippen LogP contribution is 2.39. The number of hydrogen-bond donors (Lipinski definition) is 0. The molecule has 0 N–H and O–H groups in total. The summed E-state index contributed by atoms with van der Waals surface area (Å²) in [6.07, 6.45) is 0. The van der Waals surface area contributed by atoms with Crippen molar-refractivity contribution in [3.63, 3.8) is 0 Å². The van der Waals surface area contributed by atoms with Crippen LogP contribution in [0, 0.1) is 16.2 Å². The lowest BCUT2D eigenvalue weighted by atomic mass is 9.93. The van der Waals surface area contributed by atoms with Crippen LogP contribution in [-0.4, -0.2) is 12.0 Å². The number of nitro benzene ring substituents is 1. The molecule has 4 heteroatoms. The van der Waals surface area contributed by atoms with E-state index in [1.165, 1.54) is 6.07 Å². The van der Waals surface area contributed by atoms with Crippen LogP contribution in [0.3, 0.4) is 0 Å². The SMILES string of the molecule is COc1[c]ccc(-c2ccccc2)c1-c1cccc([N+](=O)[O-])c1. The number of benzene rings is 3. The Morgan fingerprint density at radius 3 is 2.43 bits per heavy atom. The Hall–Kier alpha value is -3.14. The lowest BCUT2D eigenvalue weighted by Gasteiger charge is -2.14. The van der Waals surface area contributed by atoms with E-state index in [-0.39, 0.29) is 5.69 Å². The van der Waals surface area contributed by atoms with E-state index in [1.807, 2.05) is 42.5 Å². The summed E-state index contributed by atoms with van der Waals surface area (Å²) in [5, 5.41) is 11.1. The van der Waals surface area contributed by atoms with Crippen molar-refractivity contribution in [1.82, 2.24) is 0 Å². The van der Waals surface area contributed by atoms with Gasteiger partial charge in [-0.25, -0.2) is 0 Å². The van der Waals surface area contributed by atoms with E-state index in [4.69, 9.17) is 4.74 Å². The number of ether oxygens (including phenoxy) is 1. The minimum absolute atomic E-state index is 0.0485. The summed E-state index contributed by atoms with van der Waals surface area (Å²) in [6, 6.07) is 23.2. The summed E-state index contributed by atoms with van der Waals surface area (Å²) < 4.78 is 5.44. The zero-order valence-electron chi connectivity index (χ0n) is 12.5. The molecule has 0 unspecified atom stereocenters. The Labute approximate surface area is 134 Å². The second-order valence-electron chi connectivity index (χ2n) is 4.97. The second-order valence-corrected chi connectivity index (χ2v) is 4.97. The second kappa shape index (κ2) is 6.32. The first-order valence-electron chi connectivity index (χ1n) is 7.09. The largest absolute Gasteiger partial charge is 0.495 e. The molecule has 3 aromatic rings. The van der Waals surface area contributed by atoms with Crippen molar-refractivity contribution in [2.45, 2.75) is 0 Å². The highest BCUT2D eigenvalue weighted by Gasteiger charge is 2.15. The number of methoxy groups -OCH3 is 1. The van der Waals surface area contributed by atoms with Gasteiger partial charge in [0.2, 0.25) is 0 Å². The summed E-state index contributed by atoms with van der Waals surface area (Å²) >= 11 is 0. The monoisotopic (exact) mass is 304 g/mol. The van der Waals surface area contributed by atoms with Gasteiger partial charge in [0.15, 0.2) is 0 Å². The number of nitrogens with zero attached hydrogens (tertiary/aromatic N) is 1. The fourth-order valence-corrected chi connectivity index (χ4v) is 2.56. The Morgan fingerprint density at radius 1 is 1.00 bits per heavy atom. The summed E-state index contributed by atoms with van der Waals surface area (Å²) in [7, 11) is 1.57. The normalized spacial score (nSPS) is 10.3. The molecule has 3 aromatic carbocycles. The molecule has 113 valence electrons. The molecule has 0 saturated heterocycles. The van der Waals surface area contributed by atoms with Crippen molar-refractivity contribution in [2.75, 3.05) is 7.11 Å². The average Bonchev–Trinajstić information content (AvgIpc) is 2.61. The number of non-ortho nitro benzene ring substituents is 1. The molecule has 0 heterocycles. The molecule has 0 aliphatic heterocycles. The van der Waals surface area contributed by atoms with Gasteiger partial charge in [-0.1, -0.05) is 48.5 Å². The third-order valence-corrected chi connectivity index (χ3v) is 3.60. The smallest absolute Gasteiger partial charge is 0.270 e. The topological polar surface area (TPSA) is 52.4 Å². The molecule has 0 aliphatic rings. The van der Waals surface area contributed by atoms with Gasteiger partial charge >= 0.3 is 0 Å².